The van der Waals surface area contributed by atoms with Crippen LogP contribution >= 0.6 is 0 Å². The van der Waals surface area contributed by atoms with Crippen LogP contribution in [0.25, 0.3) is 0 Å². The van der Waals surface area contributed by atoms with Gasteiger partial charge in [0.25, 0.3) is 0 Å². The zero-order chi connectivity index (χ0) is 15.4. The molecule has 0 bridgehead atoms. The molecule has 1 aliphatic heterocycles. The average molecular weight is 318 g/mol. The molecular formula is C18H22O3S. The van der Waals surface area contributed by atoms with Crippen molar-refractivity contribution in [3.05, 3.63) is 60.2 Å². The molecule has 3 unspecified atom stereocenters. The topological polar surface area (TPSA) is 43.4 Å². The van der Waals surface area contributed by atoms with Gasteiger partial charge in [0.2, 0.25) is 0 Å². The third-order valence-corrected chi connectivity index (χ3v) is 6.45. The van der Waals surface area contributed by atoms with E-state index in [4.69, 9.17) is 4.74 Å². The second kappa shape index (κ2) is 6.80. The molecule has 1 heterocycles. The lowest BCUT2D eigenvalue weighted by atomic mass is 9.93. The first kappa shape index (κ1) is 15.5. The van der Waals surface area contributed by atoms with Crippen LogP contribution in [-0.2, 0) is 20.3 Å². The van der Waals surface area contributed by atoms with E-state index in [9.17, 15) is 8.42 Å². The first-order chi connectivity index (χ1) is 10.6. The first-order valence-electron chi connectivity index (χ1n) is 7.87. The lowest BCUT2D eigenvalue weighted by molar-refractivity contribution is 0.0953. The summed E-state index contributed by atoms with van der Waals surface area (Å²) in [5.74, 6) is 0.112. The second-order valence-corrected chi connectivity index (χ2v) is 8.22. The van der Waals surface area contributed by atoms with Crippen molar-refractivity contribution in [1.82, 2.24) is 0 Å². The zero-order valence-electron chi connectivity index (χ0n) is 12.6. The van der Waals surface area contributed by atoms with E-state index in [1.165, 1.54) is 0 Å². The molecule has 0 amide bonds. The average Bonchev–Trinajstić information content (AvgIpc) is 3.01. The number of allylic oxidation sites excluding steroid dienone is 3. The molecule has 0 radical (unpaired) electrons. The molecule has 4 heteroatoms. The van der Waals surface area contributed by atoms with Crippen molar-refractivity contribution in [3.63, 3.8) is 0 Å². The molecule has 0 saturated carbocycles. The minimum absolute atomic E-state index is 0.0156. The second-order valence-electron chi connectivity index (χ2n) is 6.06. The number of ether oxygens (including phenoxy) is 1. The lowest BCUT2D eigenvalue weighted by Gasteiger charge is -2.26. The van der Waals surface area contributed by atoms with Gasteiger partial charge in [0.15, 0.2) is 9.84 Å². The Morgan fingerprint density at radius 3 is 2.59 bits per heavy atom. The molecule has 0 aromatic heterocycles. The molecule has 0 N–H and O–H groups in total. The fourth-order valence-electron chi connectivity index (χ4n) is 3.27. The SMILES string of the molecule is O=S(=O)(Cc1ccccc1)C1C=CC=CC1CC1CCCO1. The largest absolute Gasteiger partial charge is 0.378 e. The van der Waals surface area contributed by atoms with Crippen LogP contribution < -0.4 is 0 Å². The van der Waals surface area contributed by atoms with Gasteiger partial charge in [-0.1, -0.05) is 54.6 Å². The molecule has 3 rings (SSSR count). The Balaban J connectivity index is 1.74. The summed E-state index contributed by atoms with van der Waals surface area (Å²) in [5, 5.41) is -0.443. The standard InChI is InChI=1S/C18H22O3S/c19-22(20,14-15-7-2-1-3-8-15)18-11-5-4-9-16(18)13-17-10-6-12-21-17/h1-5,7-9,11,16-18H,6,10,12-14H2. The number of benzene rings is 1. The predicted octanol–water partition coefficient (Wildman–Crippen LogP) is 3.28. The maximum Gasteiger partial charge on any atom is 0.161 e. The molecule has 1 aromatic carbocycles. The Bertz CT molecular complexity index is 640. The van der Waals surface area contributed by atoms with E-state index in [1.807, 2.05) is 54.6 Å². The molecular weight excluding hydrogens is 296 g/mol. The molecule has 1 saturated heterocycles. The Hall–Kier alpha value is -1.39. The number of hydrogen-bond donors (Lipinski definition) is 0. The van der Waals surface area contributed by atoms with Crippen LogP contribution in [0.1, 0.15) is 24.8 Å². The van der Waals surface area contributed by atoms with Crippen molar-refractivity contribution >= 4 is 9.84 Å². The molecule has 1 aliphatic carbocycles. The van der Waals surface area contributed by atoms with E-state index in [0.29, 0.717) is 0 Å². The molecule has 3 atom stereocenters. The van der Waals surface area contributed by atoms with E-state index in [0.717, 1.165) is 31.4 Å². The van der Waals surface area contributed by atoms with Crippen molar-refractivity contribution in [2.75, 3.05) is 6.61 Å². The quantitative estimate of drug-likeness (QED) is 0.837. The maximum atomic E-state index is 12.8. The molecule has 0 spiro atoms. The summed E-state index contributed by atoms with van der Waals surface area (Å²) in [7, 11) is -3.22. The fourth-order valence-corrected chi connectivity index (χ4v) is 5.18. The van der Waals surface area contributed by atoms with Gasteiger partial charge in [-0.05, 0) is 30.7 Å². The smallest absolute Gasteiger partial charge is 0.161 e. The van der Waals surface area contributed by atoms with Crippen LogP contribution in [-0.4, -0.2) is 26.4 Å². The highest BCUT2D eigenvalue weighted by atomic mass is 32.2. The van der Waals surface area contributed by atoms with E-state index in [-0.39, 0.29) is 17.8 Å². The highest BCUT2D eigenvalue weighted by Crippen LogP contribution is 2.30. The Kier molecular flexibility index (Phi) is 4.79. The van der Waals surface area contributed by atoms with Crippen LogP contribution in [0.3, 0.4) is 0 Å². The van der Waals surface area contributed by atoms with Gasteiger partial charge in [-0.3, -0.25) is 0 Å². The Morgan fingerprint density at radius 1 is 1.09 bits per heavy atom. The summed E-state index contributed by atoms with van der Waals surface area (Å²) < 4.78 is 31.3. The van der Waals surface area contributed by atoms with E-state index in [2.05, 4.69) is 0 Å². The van der Waals surface area contributed by atoms with Crippen LogP contribution in [0, 0.1) is 5.92 Å². The zero-order valence-corrected chi connectivity index (χ0v) is 13.4. The third kappa shape index (κ3) is 3.68. The van der Waals surface area contributed by atoms with E-state index in [1.54, 1.807) is 0 Å². The van der Waals surface area contributed by atoms with Gasteiger partial charge < -0.3 is 4.74 Å². The minimum Gasteiger partial charge on any atom is -0.378 e. The predicted molar refractivity (Wildman–Crippen MR) is 88.2 cm³/mol. The van der Waals surface area contributed by atoms with Gasteiger partial charge >= 0.3 is 0 Å². The van der Waals surface area contributed by atoms with Gasteiger partial charge in [-0.25, -0.2) is 8.42 Å². The van der Waals surface area contributed by atoms with Crippen LogP contribution in [0.4, 0.5) is 0 Å². The van der Waals surface area contributed by atoms with Gasteiger partial charge in [0.05, 0.1) is 17.1 Å². The molecule has 1 aromatic rings. The summed E-state index contributed by atoms with van der Waals surface area (Å²) in [6, 6.07) is 9.40. The monoisotopic (exact) mass is 318 g/mol. The van der Waals surface area contributed by atoms with E-state index >= 15 is 0 Å². The molecule has 2 aliphatic rings. The van der Waals surface area contributed by atoms with E-state index < -0.39 is 15.1 Å². The van der Waals surface area contributed by atoms with Crippen molar-refractivity contribution in [2.24, 2.45) is 5.92 Å². The van der Waals surface area contributed by atoms with Crippen molar-refractivity contribution in [3.8, 4) is 0 Å². The Morgan fingerprint density at radius 2 is 1.86 bits per heavy atom. The molecule has 3 nitrogen and oxygen atoms in total. The van der Waals surface area contributed by atoms with Gasteiger partial charge in [-0.2, -0.15) is 0 Å². The summed E-state index contributed by atoms with van der Waals surface area (Å²) >= 11 is 0. The fraction of sp³-hybridized carbons (Fsp3) is 0.444. The van der Waals surface area contributed by atoms with Crippen LogP contribution in [0.2, 0.25) is 0 Å². The highest BCUT2D eigenvalue weighted by Gasteiger charge is 2.33. The van der Waals surface area contributed by atoms with Gasteiger partial charge in [0.1, 0.15) is 0 Å². The molecule has 118 valence electrons. The van der Waals surface area contributed by atoms with Crippen molar-refractivity contribution in [1.29, 1.82) is 0 Å². The normalized spacial score (nSPS) is 28.1. The summed E-state index contributed by atoms with van der Waals surface area (Å²) in [4.78, 5) is 0. The minimum atomic E-state index is -3.22. The van der Waals surface area contributed by atoms with Crippen LogP contribution in [0.5, 0.6) is 0 Å². The number of sulfone groups is 1. The van der Waals surface area contributed by atoms with Crippen molar-refractivity contribution < 1.29 is 13.2 Å². The summed E-state index contributed by atoms with van der Waals surface area (Å²) in [6.45, 7) is 0.804. The summed E-state index contributed by atoms with van der Waals surface area (Å²) in [6.07, 6.45) is 10.8. The molecule has 1 fully saturated rings. The lowest BCUT2D eigenvalue weighted by Crippen LogP contribution is -2.31. The number of hydrogen-bond acceptors (Lipinski definition) is 3. The van der Waals surface area contributed by atoms with Crippen molar-refractivity contribution in [2.45, 2.75) is 36.4 Å². The summed E-state index contributed by atoms with van der Waals surface area (Å²) in [5.41, 5.74) is 0.848. The van der Waals surface area contributed by atoms with Gasteiger partial charge in [0, 0.05) is 6.61 Å². The highest BCUT2D eigenvalue weighted by molar-refractivity contribution is 7.91. The van der Waals surface area contributed by atoms with Crippen LogP contribution in [0.15, 0.2) is 54.6 Å². The van der Waals surface area contributed by atoms with Gasteiger partial charge in [-0.15, -0.1) is 0 Å². The third-order valence-electron chi connectivity index (χ3n) is 4.38. The maximum absolute atomic E-state index is 12.8. The first-order valence-corrected chi connectivity index (χ1v) is 9.59. The molecule has 22 heavy (non-hydrogen) atoms. The Labute approximate surface area is 132 Å². The number of rotatable bonds is 5.